The smallest absolute Gasteiger partial charge is 0.414 e. The highest BCUT2D eigenvalue weighted by Crippen LogP contribution is 2.40. The number of hydrogen-bond donors (Lipinski definition) is 2. The minimum Gasteiger partial charge on any atom is -0.466 e. The number of fused-ring (bicyclic) bond motifs is 1. The number of nitro benzene ring substituents is 1. The summed E-state index contributed by atoms with van der Waals surface area (Å²) in [5.74, 6) is -1.77. The first-order chi connectivity index (χ1) is 20.0. The van der Waals surface area contributed by atoms with E-state index in [1.807, 2.05) is 12.1 Å². The molecule has 2 aliphatic heterocycles. The van der Waals surface area contributed by atoms with Gasteiger partial charge in [-0.15, -0.1) is 0 Å². The van der Waals surface area contributed by atoms with Crippen LogP contribution in [0.15, 0.2) is 65.0 Å². The number of amides is 1. The van der Waals surface area contributed by atoms with Gasteiger partial charge in [0.15, 0.2) is 0 Å². The summed E-state index contributed by atoms with van der Waals surface area (Å²) >= 11 is 0. The van der Waals surface area contributed by atoms with Crippen LogP contribution in [0.5, 0.6) is 5.75 Å². The standard InChI is InChI=1S/C30H34N4O8/c1-17-25(28(35)40-5)27(20-7-6-8-21(15-20)34(38)39)26(18(2)32-17)29(36)41-14-12-24-23-10-9-22(42-30(37)33(3)4)16-19(23)11-13-31-24/h6-10,15-16,24,27,31-32H,11-14H2,1-5H3. The van der Waals surface area contributed by atoms with Crippen molar-refractivity contribution in [1.29, 1.82) is 0 Å². The van der Waals surface area contributed by atoms with E-state index in [0.29, 0.717) is 35.7 Å². The molecule has 0 bridgehead atoms. The van der Waals surface area contributed by atoms with Crippen LogP contribution < -0.4 is 15.4 Å². The second-order valence-corrected chi connectivity index (χ2v) is 10.3. The molecule has 0 radical (unpaired) electrons. The number of methoxy groups -OCH3 is 1. The third-order valence-electron chi connectivity index (χ3n) is 7.28. The predicted octanol–water partition coefficient (Wildman–Crippen LogP) is 3.88. The molecule has 0 fully saturated rings. The van der Waals surface area contributed by atoms with Gasteiger partial charge in [0.05, 0.1) is 35.7 Å². The molecule has 0 saturated carbocycles. The summed E-state index contributed by atoms with van der Waals surface area (Å²) in [6.07, 6.45) is 0.761. The number of rotatable bonds is 8. The highest BCUT2D eigenvalue weighted by Gasteiger charge is 2.38. The molecule has 0 saturated heterocycles. The van der Waals surface area contributed by atoms with Gasteiger partial charge in [-0.05, 0) is 55.6 Å². The second-order valence-electron chi connectivity index (χ2n) is 10.3. The first-order valence-corrected chi connectivity index (χ1v) is 13.5. The highest BCUT2D eigenvalue weighted by molar-refractivity contribution is 5.99. The van der Waals surface area contributed by atoms with Gasteiger partial charge in [0, 0.05) is 50.1 Å². The van der Waals surface area contributed by atoms with Crippen molar-refractivity contribution in [3.8, 4) is 5.75 Å². The van der Waals surface area contributed by atoms with E-state index in [1.54, 1.807) is 40.1 Å². The van der Waals surface area contributed by atoms with E-state index < -0.39 is 28.9 Å². The molecule has 0 aliphatic carbocycles. The fourth-order valence-electron chi connectivity index (χ4n) is 5.29. The van der Waals surface area contributed by atoms with Crippen molar-refractivity contribution in [2.45, 2.75) is 38.6 Å². The fourth-order valence-corrected chi connectivity index (χ4v) is 5.29. The lowest BCUT2D eigenvalue weighted by Crippen LogP contribution is -2.33. The number of allylic oxidation sites excluding steroid dienone is 2. The Morgan fingerprint density at radius 1 is 1.05 bits per heavy atom. The topological polar surface area (TPSA) is 149 Å². The summed E-state index contributed by atoms with van der Waals surface area (Å²) in [5, 5.41) is 18.0. The summed E-state index contributed by atoms with van der Waals surface area (Å²) < 4.78 is 16.1. The lowest BCUT2D eigenvalue weighted by Gasteiger charge is -2.30. The Bertz CT molecular complexity index is 1480. The molecular formula is C30H34N4O8. The zero-order chi connectivity index (χ0) is 30.6. The fraction of sp³-hybridized carbons (Fsp3) is 0.367. The Morgan fingerprint density at radius 3 is 2.43 bits per heavy atom. The summed E-state index contributed by atoms with van der Waals surface area (Å²) in [6, 6.07) is 11.2. The van der Waals surface area contributed by atoms with Gasteiger partial charge in [0.25, 0.3) is 5.69 Å². The molecule has 2 N–H and O–H groups in total. The van der Waals surface area contributed by atoms with Gasteiger partial charge in [-0.2, -0.15) is 0 Å². The molecule has 222 valence electrons. The SMILES string of the molecule is COC(=O)C1=C(C)NC(C)=C(C(=O)OCCC2NCCc3cc(OC(=O)N(C)C)ccc32)C1c1cccc([N+](=O)[O-])c1. The second kappa shape index (κ2) is 12.9. The average molecular weight is 579 g/mol. The van der Waals surface area contributed by atoms with Gasteiger partial charge in [0.2, 0.25) is 0 Å². The van der Waals surface area contributed by atoms with Crippen LogP contribution in [-0.2, 0) is 25.5 Å². The van der Waals surface area contributed by atoms with Gasteiger partial charge in [-0.25, -0.2) is 14.4 Å². The Hall–Kier alpha value is -4.71. The predicted molar refractivity (Wildman–Crippen MR) is 153 cm³/mol. The molecule has 12 heteroatoms. The van der Waals surface area contributed by atoms with Gasteiger partial charge < -0.3 is 29.7 Å². The molecule has 4 rings (SSSR count). The molecule has 42 heavy (non-hydrogen) atoms. The van der Waals surface area contributed by atoms with Crippen LogP contribution in [0.25, 0.3) is 0 Å². The monoisotopic (exact) mass is 578 g/mol. The van der Waals surface area contributed by atoms with Crippen LogP contribution in [0.3, 0.4) is 0 Å². The average Bonchev–Trinajstić information content (AvgIpc) is 2.96. The number of nitro groups is 1. The normalized spacial score (nSPS) is 18.0. The number of nitrogens with one attached hydrogen (secondary N) is 2. The van der Waals surface area contributed by atoms with E-state index in [0.717, 1.165) is 17.5 Å². The Labute approximate surface area is 243 Å². The molecule has 0 spiro atoms. The maximum atomic E-state index is 13.6. The summed E-state index contributed by atoms with van der Waals surface area (Å²) in [5.41, 5.74) is 3.59. The molecule has 12 nitrogen and oxygen atoms in total. The zero-order valence-electron chi connectivity index (χ0n) is 24.2. The number of ether oxygens (including phenoxy) is 3. The lowest BCUT2D eigenvalue weighted by molar-refractivity contribution is -0.384. The Morgan fingerprint density at radius 2 is 1.76 bits per heavy atom. The van der Waals surface area contributed by atoms with E-state index in [9.17, 15) is 24.5 Å². The molecule has 2 heterocycles. The van der Waals surface area contributed by atoms with E-state index in [1.165, 1.54) is 30.2 Å². The molecule has 2 aromatic carbocycles. The maximum Gasteiger partial charge on any atom is 0.414 e. The lowest BCUT2D eigenvalue weighted by atomic mass is 9.80. The third kappa shape index (κ3) is 6.44. The summed E-state index contributed by atoms with van der Waals surface area (Å²) in [4.78, 5) is 50.6. The van der Waals surface area contributed by atoms with Crippen LogP contribution in [0.2, 0.25) is 0 Å². The van der Waals surface area contributed by atoms with Crippen molar-refractivity contribution in [2.75, 3.05) is 34.4 Å². The molecule has 1 amide bonds. The Kier molecular flexibility index (Phi) is 9.26. The number of carbonyl (C=O) groups excluding carboxylic acids is 3. The zero-order valence-corrected chi connectivity index (χ0v) is 24.2. The summed E-state index contributed by atoms with van der Waals surface area (Å²) in [6.45, 7) is 4.15. The first-order valence-electron chi connectivity index (χ1n) is 13.5. The van der Waals surface area contributed by atoms with Crippen LogP contribution in [0, 0.1) is 10.1 Å². The van der Waals surface area contributed by atoms with Crippen molar-refractivity contribution in [3.05, 3.63) is 91.8 Å². The van der Waals surface area contributed by atoms with Gasteiger partial charge in [0.1, 0.15) is 5.75 Å². The van der Waals surface area contributed by atoms with Crippen LogP contribution >= 0.6 is 0 Å². The highest BCUT2D eigenvalue weighted by atomic mass is 16.6. The van der Waals surface area contributed by atoms with E-state index in [2.05, 4.69) is 10.6 Å². The van der Waals surface area contributed by atoms with Crippen molar-refractivity contribution in [3.63, 3.8) is 0 Å². The molecule has 2 atom stereocenters. The minimum absolute atomic E-state index is 0.0714. The number of benzene rings is 2. The third-order valence-corrected chi connectivity index (χ3v) is 7.28. The largest absolute Gasteiger partial charge is 0.466 e. The van der Waals surface area contributed by atoms with Crippen molar-refractivity contribution < 1.29 is 33.5 Å². The molecule has 2 aliphatic rings. The van der Waals surface area contributed by atoms with Crippen LogP contribution in [0.1, 0.15) is 48.9 Å². The van der Waals surface area contributed by atoms with E-state index >= 15 is 0 Å². The van der Waals surface area contributed by atoms with Gasteiger partial charge in [-0.1, -0.05) is 18.2 Å². The molecule has 2 unspecified atom stereocenters. The van der Waals surface area contributed by atoms with Crippen LogP contribution in [0.4, 0.5) is 10.5 Å². The number of nitrogens with zero attached hydrogens (tertiary/aromatic N) is 2. The maximum absolute atomic E-state index is 13.6. The molecule has 0 aromatic heterocycles. The first kappa shape index (κ1) is 30.3. The van der Waals surface area contributed by atoms with Gasteiger partial charge >= 0.3 is 18.0 Å². The Balaban J connectivity index is 1.53. The summed E-state index contributed by atoms with van der Waals surface area (Å²) in [7, 11) is 4.46. The van der Waals surface area contributed by atoms with Crippen molar-refractivity contribution >= 4 is 23.7 Å². The number of non-ortho nitro benzene ring substituents is 1. The number of carbonyl (C=O) groups is 3. The molecular weight excluding hydrogens is 544 g/mol. The van der Waals surface area contributed by atoms with E-state index in [-0.39, 0.29) is 29.5 Å². The van der Waals surface area contributed by atoms with E-state index in [4.69, 9.17) is 14.2 Å². The minimum atomic E-state index is -0.928. The van der Waals surface area contributed by atoms with Crippen molar-refractivity contribution in [2.24, 2.45) is 0 Å². The number of dihydropyridines is 1. The number of esters is 2. The number of hydrogen-bond acceptors (Lipinski definition) is 10. The quantitative estimate of drug-likeness (QED) is 0.268. The molecule has 2 aromatic rings. The van der Waals surface area contributed by atoms with Crippen LogP contribution in [-0.4, -0.2) is 62.2 Å². The van der Waals surface area contributed by atoms with Gasteiger partial charge in [-0.3, -0.25) is 10.1 Å². The van der Waals surface area contributed by atoms with Crippen molar-refractivity contribution in [1.82, 2.24) is 15.5 Å².